The second-order valence-electron chi connectivity index (χ2n) is 7.85. The minimum Gasteiger partial charge on any atom is -0.341 e. The summed E-state index contributed by atoms with van der Waals surface area (Å²) >= 11 is 3.29. The van der Waals surface area contributed by atoms with E-state index in [1.165, 1.54) is 29.3 Å². The molecular formula is C21H25N5OS2. The zero-order valence-electron chi connectivity index (χ0n) is 16.6. The quantitative estimate of drug-likeness (QED) is 0.549. The second-order valence-corrected chi connectivity index (χ2v) is 9.85. The number of piperidine rings is 1. The zero-order valence-corrected chi connectivity index (χ0v) is 18.2. The molecule has 5 rings (SSSR count). The minimum absolute atomic E-state index is 0.194. The molecule has 0 N–H and O–H groups in total. The number of benzene rings is 1. The smallest absolute Gasteiger partial charge is 0.233 e. The van der Waals surface area contributed by atoms with Gasteiger partial charge in [0.05, 0.1) is 21.0 Å². The number of carbonyl (C=O) groups excluding carboxylic acids is 1. The highest BCUT2D eigenvalue weighted by Gasteiger charge is 2.31. The Morgan fingerprint density at radius 3 is 2.86 bits per heavy atom. The molecule has 1 unspecified atom stereocenters. The van der Waals surface area contributed by atoms with Crippen molar-refractivity contribution in [2.45, 2.75) is 56.1 Å². The molecule has 8 heteroatoms. The Morgan fingerprint density at radius 1 is 1.21 bits per heavy atom. The molecule has 3 aromatic rings. The van der Waals surface area contributed by atoms with Crippen LogP contribution in [0.4, 0.5) is 0 Å². The lowest BCUT2D eigenvalue weighted by molar-refractivity contribution is -0.129. The normalized spacial score (nSPS) is 19.8. The molecule has 3 heterocycles. The summed E-state index contributed by atoms with van der Waals surface area (Å²) in [5.74, 6) is 2.63. The average molecular weight is 428 g/mol. The molecule has 0 radical (unpaired) electrons. The topological polar surface area (TPSA) is 63.9 Å². The third-order valence-corrected chi connectivity index (χ3v) is 7.91. The van der Waals surface area contributed by atoms with E-state index in [9.17, 15) is 4.79 Å². The first-order chi connectivity index (χ1) is 14.2. The molecule has 152 valence electrons. The average Bonchev–Trinajstić information content (AvgIpc) is 3.37. The van der Waals surface area contributed by atoms with Gasteiger partial charge in [-0.1, -0.05) is 23.9 Å². The van der Waals surface area contributed by atoms with Crippen molar-refractivity contribution in [1.29, 1.82) is 0 Å². The van der Waals surface area contributed by atoms with Gasteiger partial charge < -0.3 is 9.47 Å². The summed E-state index contributed by atoms with van der Waals surface area (Å²) in [6, 6.07) is 8.28. The molecule has 1 amide bonds. The van der Waals surface area contributed by atoms with Gasteiger partial charge in [0.1, 0.15) is 5.82 Å². The Morgan fingerprint density at radius 2 is 2.07 bits per heavy atom. The number of carbonyl (C=O) groups is 1. The summed E-state index contributed by atoms with van der Waals surface area (Å²) in [4.78, 5) is 19.7. The SMILES string of the molecule is CCn1c(SCC(=O)N2CCCC(c3nc4ccccc4s3)C2)nnc1C1CC1. The monoisotopic (exact) mass is 427 g/mol. The number of para-hydroxylation sites is 1. The summed E-state index contributed by atoms with van der Waals surface area (Å²) in [6.07, 6.45) is 4.56. The van der Waals surface area contributed by atoms with Crippen molar-refractivity contribution in [3.63, 3.8) is 0 Å². The number of amides is 1. The number of hydrogen-bond acceptors (Lipinski definition) is 6. The van der Waals surface area contributed by atoms with Crippen molar-refractivity contribution in [2.24, 2.45) is 0 Å². The third kappa shape index (κ3) is 3.92. The van der Waals surface area contributed by atoms with Crippen LogP contribution < -0.4 is 0 Å². The number of aromatic nitrogens is 4. The van der Waals surface area contributed by atoms with Gasteiger partial charge in [-0.15, -0.1) is 21.5 Å². The number of hydrogen-bond donors (Lipinski definition) is 0. The van der Waals surface area contributed by atoms with Gasteiger partial charge in [-0.3, -0.25) is 4.79 Å². The molecule has 2 aliphatic rings. The summed E-state index contributed by atoms with van der Waals surface area (Å²) in [5.41, 5.74) is 1.07. The lowest BCUT2D eigenvalue weighted by Crippen LogP contribution is -2.40. The highest BCUT2D eigenvalue weighted by Crippen LogP contribution is 2.40. The van der Waals surface area contributed by atoms with Gasteiger partial charge >= 0.3 is 0 Å². The molecule has 6 nitrogen and oxygen atoms in total. The fourth-order valence-corrected chi connectivity index (χ4v) is 6.04. The van der Waals surface area contributed by atoms with Crippen LogP contribution in [0.1, 0.15) is 55.3 Å². The first kappa shape index (κ1) is 19.1. The van der Waals surface area contributed by atoms with Crippen LogP contribution in [-0.4, -0.2) is 49.4 Å². The molecule has 1 saturated carbocycles. The molecule has 1 aromatic carbocycles. The summed E-state index contributed by atoms with van der Waals surface area (Å²) in [6.45, 7) is 4.59. The molecule has 1 saturated heterocycles. The zero-order chi connectivity index (χ0) is 19.8. The summed E-state index contributed by atoms with van der Waals surface area (Å²) in [7, 11) is 0. The second kappa shape index (κ2) is 8.07. The largest absolute Gasteiger partial charge is 0.341 e. The van der Waals surface area contributed by atoms with E-state index in [1.54, 1.807) is 11.3 Å². The molecule has 2 fully saturated rings. The maximum atomic E-state index is 12.9. The fourth-order valence-electron chi connectivity index (χ4n) is 4.04. The molecule has 0 bridgehead atoms. The number of thioether (sulfide) groups is 1. The standard InChI is InChI=1S/C21H25N5OS2/c1-2-26-19(14-9-10-14)23-24-21(26)28-13-18(27)25-11-5-6-15(12-25)20-22-16-7-3-4-8-17(16)29-20/h3-4,7-8,14-15H,2,5-6,9-13H2,1H3. The van der Waals surface area contributed by atoms with Gasteiger partial charge in [-0.25, -0.2) is 4.98 Å². The van der Waals surface area contributed by atoms with Crippen LogP contribution in [0.5, 0.6) is 0 Å². The predicted octanol–water partition coefficient (Wildman–Crippen LogP) is 4.28. The van der Waals surface area contributed by atoms with Crippen molar-refractivity contribution >= 4 is 39.2 Å². The molecule has 1 aliphatic carbocycles. The van der Waals surface area contributed by atoms with Gasteiger partial charge in [0.15, 0.2) is 5.16 Å². The van der Waals surface area contributed by atoms with Crippen molar-refractivity contribution in [2.75, 3.05) is 18.8 Å². The molecule has 2 aromatic heterocycles. The Kier molecular flexibility index (Phi) is 5.30. The summed E-state index contributed by atoms with van der Waals surface area (Å²) in [5, 5.41) is 10.8. The van der Waals surface area contributed by atoms with Gasteiger partial charge in [0.2, 0.25) is 5.91 Å². The maximum absolute atomic E-state index is 12.9. The molecule has 0 spiro atoms. The van der Waals surface area contributed by atoms with Crippen molar-refractivity contribution in [3.05, 3.63) is 35.1 Å². The van der Waals surface area contributed by atoms with E-state index in [0.717, 1.165) is 54.0 Å². The van der Waals surface area contributed by atoms with Gasteiger partial charge in [0, 0.05) is 31.5 Å². The van der Waals surface area contributed by atoms with Crippen LogP contribution in [-0.2, 0) is 11.3 Å². The number of thiazole rings is 1. The molecular weight excluding hydrogens is 402 g/mol. The Hall–Kier alpha value is -1.93. The van der Waals surface area contributed by atoms with E-state index in [4.69, 9.17) is 4.98 Å². The van der Waals surface area contributed by atoms with E-state index in [0.29, 0.717) is 17.6 Å². The summed E-state index contributed by atoms with van der Waals surface area (Å²) < 4.78 is 3.40. The third-order valence-electron chi connectivity index (χ3n) is 5.76. The molecule has 1 aliphatic heterocycles. The fraction of sp³-hybridized carbons (Fsp3) is 0.524. The first-order valence-corrected chi connectivity index (χ1v) is 12.2. The molecule has 1 atom stereocenters. The van der Waals surface area contributed by atoms with Crippen LogP contribution in [0.3, 0.4) is 0 Å². The first-order valence-electron chi connectivity index (χ1n) is 10.4. The van der Waals surface area contributed by atoms with Gasteiger partial charge in [0.25, 0.3) is 0 Å². The highest BCUT2D eigenvalue weighted by atomic mass is 32.2. The van der Waals surface area contributed by atoms with Crippen LogP contribution >= 0.6 is 23.1 Å². The minimum atomic E-state index is 0.194. The number of likely N-dealkylation sites (tertiary alicyclic amines) is 1. The lowest BCUT2D eigenvalue weighted by Gasteiger charge is -2.31. The van der Waals surface area contributed by atoms with E-state index >= 15 is 0 Å². The van der Waals surface area contributed by atoms with E-state index < -0.39 is 0 Å². The predicted molar refractivity (Wildman–Crippen MR) is 117 cm³/mol. The number of fused-ring (bicyclic) bond motifs is 1. The molecule has 29 heavy (non-hydrogen) atoms. The van der Waals surface area contributed by atoms with Gasteiger partial charge in [-0.05, 0) is 44.7 Å². The van der Waals surface area contributed by atoms with Crippen molar-refractivity contribution in [3.8, 4) is 0 Å². The van der Waals surface area contributed by atoms with E-state index in [1.807, 2.05) is 11.0 Å². The number of rotatable bonds is 6. The van der Waals surface area contributed by atoms with Crippen LogP contribution in [0.25, 0.3) is 10.2 Å². The lowest BCUT2D eigenvalue weighted by atomic mass is 9.99. The van der Waals surface area contributed by atoms with E-state index in [-0.39, 0.29) is 5.91 Å². The number of nitrogens with zero attached hydrogens (tertiary/aromatic N) is 5. The Bertz CT molecular complexity index is 992. The van der Waals surface area contributed by atoms with E-state index in [2.05, 4.69) is 39.9 Å². The van der Waals surface area contributed by atoms with Crippen molar-refractivity contribution in [1.82, 2.24) is 24.6 Å². The van der Waals surface area contributed by atoms with Crippen LogP contribution in [0.15, 0.2) is 29.4 Å². The Labute approximate surface area is 178 Å². The van der Waals surface area contributed by atoms with Crippen LogP contribution in [0.2, 0.25) is 0 Å². The maximum Gasteiger partial charge on any atom is 0.233 e. The highest BCUT2D eigenvalue weighted by molar-refractivity contribution is 7.99. The van der Waals surface area contributed by atoms with Gasteiger partial charge in [-0.2, -0.15) is 0 Å². The Balaban J connectivity index is 1.23. The van der Waals surface area contributed by atoms with Crippen LogP contribution in [0, 0.1) is 0 Å². The van der Waals surface area contributed by atoms with Crippen molar-refractivity contribution < 1.29 is 4.79 Å².